The van der Waals surface area contributed by atoms with Crippen molar-refractivity contribution in [3.63, 3.8) is 0 Å². The molecule has 0 amide bonds. The molecule has 266 valence electrons. The Morgan fingerprint density at radius 3 is 1.40 bits per heavy atom. The zero-order chi connectivity index (χ0) is 37.5. The Balaban J connectivity index is 1.08. The van der Waals surface area contributed by atoms with Crippen LogP contribution < -0.4 is 0 Å². The van der Waals surface area contributed by atoms with Crippen LogP contribution in [-0.2, 0) is 0 Å². The van der Waals surface area contributed by atoms with Crippen molar-refractivity contribution in [2.24, 2.45) is 0 Å². The first-order valence-corrected chi connectivity index (χ1v) is 19.9. The highest BCUT2D eigenvalue weighted by atomic mass is 32.1. The maximum absolute atomic E-state index is 5.01. The molecule has 0 radical (unpaired) electrons. The van der Waals surface area contributed by atoms with Gasteiger partial charge < -0.3 is 9.13 Å². The molecule has 6 heteroatoms. The lowest BCUT2D eigenvalue weighted by molar-refractivity contribution is 1.07. The number of para-hydroxylation sites is 2. The lowest BCUT2D eigenvalue weighted by atomic mass is 10.1. The van der Waals surface area contributed by atoms with Crippen molar-refractivity contribution < 1.29 is 0 Å². The maximum atomic E-state index is 5.01. The molecule has 0 fully saturated rings. The van der Waals surface area contributed by atoms with E-state index in [1.807, 2.05) is 72.0 Å². The van der Waals surface area contributed by atoms with Crippen LogP contribution in [0.3, 0.4) is 0 Å². The van der Waals surface area contributed by atoms with Gasteiger partial charge in [0.05, 0.1) is 22.1 Å². The van der Waals surface area contributed by atoms with Gasteiger partial charge >= 0.3 is 0 Å². The van der Waals surface area contributed by atoms with Gasteiger partial charge in [0, 0.05) is 69.8 Å². The van der Waals surface area contributed by atoms with Crippen LogP contribution in [0.15, 0.2) is 188 Å². The molecule has 12 aromatic rings. The van der Waals surface area contributed by atoms with Gasteiger partial charge in [-0.05, 0) is 66.7 Å². The summed E-state index contributed by atoms with van der Waals surface area (Å²) in [5.41, 5.74) is 9.73. The van der Waals surface area contributed by atoms with Crippen molar-refractivity contribution in [3.8, 4) is 45.5 Å². The third-order valence-corrected chi connectivity index (χ3v) is 12.3. The van der Waals surface area contributed by atoms with E-state index in [0.717, 1.165) is 33.6 Å². The van der Waals surface area contributed by atoms with Crippen molar-refractivity contribution in [3.05, 3.63) is 188 Å². The largest absolute Gasteiger partial charge is 0.309 e. The number of aromatic nitrogens is 5. The van der Waals surface area contributed by atoms with Crippen LogP contribution in [0.5, 0.6) is 0 Å². The van der Waals surface area contributed by atoms with E-state index in [1.165, 1.54) is 58.3 Å². The molecule has 0 saturated carbocycles. The molecule has 0 aliphatic heterocycles. The molecule has 12 rings (SSSR count). The Morgan fingerprint density at radius 1 is 0.298 bits per heavy atom. The van der Waals surface area contributed by atoms with Crippen molar-refractivity contribution in [2.75, 3.05) is 0 Å². The smallest absolute Gasteiger partial charge is 0.164 e. The van der Waals surface area contributed by atoms with Crippen LogP contribution in [0.25, 0.3) is 109 Å². The summed E-state index contributed by atoms with van der Waals surface area (Å²) in [5, 5.41) is 7.52. The molecule has 0 saturated heterocycles. The number of benzene rings is 8. The molecule has 0 bridgehead atoms. The lowest BCUT2D eigenvalue weighted by Crippen LogP contribution is -2.00. The Hall–Kier alpha value is -7.41. The molecule has 0 aliphatic carbocycles. The lowest BCUT2D eigenvalue weighted by Gasteiger charge is -2.12. The van der Waals surface area contributed by atoms with E-state index in [9.17, 15) is 0 Å². The summed E-state index contributed by atoms with van der Waals surface area (Å²) in [6, 6.07) is 66.8. The fraction of sp³-hybridized carbons (Fsp3) is 0. The maximum Gasteiger partial charge on any atom is 0.164 e. The Morgan fingerprint density at radius 2 is 0.772 bits per heavy atom. The zero-order valence-electron chi connectivity index (χ0n) is 30.5. The second-order valence-electron chi connectivity index (χ2n) is 14.5. The van der Waals surface area contributed by atoms with Crippen LogP contribution in [0.2, 0.25) is 0 Å². The van der Waals surface area contributed by atoms with E-state index in [0.29, 0.717) is 17.5 Å². The first kappa shape index (κ1) is 31.9. The van der Waals surface area contributed by atoms with Gasteiger partial charge in [-0.15, -0.1) is 11.3 Å². The number of thiophene rings is 1. The molecule has 0 N–H and O–H groups in total. The van der Waals surface area contributed by atoms with Gasteiger partial charge in [-0.25, -0.2) is 15.0 Å². The minimum absolute atomic E-state index is 0.636. The summed E-state index contributed by atoms with van der Waals surface area (Å²) in [6.07, 6.45) is 0. The summed E-state index contributed by atoms with van der Waals surface area (Å²) in [4.78, 5) is 14.9. The van der Waals surface area contributed by atoms with E-state index in [2.05, 4.69) is 137 Å². The molecule has 4 aromatic heterocycles. The Bertz CT molecular complexity index is 3400. The number of nitrogens with zero attached hydrogens (tertiary/aromatic N) is 5. The summed E-state index contributed by atoms with van der Waals surface area (Å²) in [6.45, 7) is 0. The molecule has 57 heavy (non-hydrogen) atoms. The van der Waals surface area contributed by atoms with E-state index >= 15 is 0 Å². The molecule has 0 atom stereocenters. The van der Waals surface area contributed by atoms with E-state index < -0.39 is 0 Å². The Labute approximate surface area is 331 Å². The summed E-state index contributed by atoms with van der Waals surface area (Å²) in [7, 11) is 0. The van der Waals surface area contributed by atoms with E-state index in [-0.39, 0.29) is 0 Å². The van der Waals surface area contributed by atoms with Crippen molar-refractivity contribution in [1.82, 2.24) is 24.1 Å². The molecule has 0 spiro atoms. The second kappa shape index (κ2) is 12.6. The summed E-state index contributed by atoms with van der Waals surface area (Å²) in [5.74, 6) is 1.93. The SMILES string of the molecule is c1ccc(-c2nc(-c3ccccc3)nc(-c3ccc(-n4c5cc(-n6c7ccccc7c7ccccc76)ccc5c5cc6sc7ccccc7c6cc54)cc3)n2)cc1. The second-order valence-corrected chi connectivity index (χ2v) is 15.5. The summed E-state index contributed by atoms with van der Waals surface area (Å²) >= 11 is 1.86. The molecular weight excluding hydrogens is 715 g/mol. The third-order valence-electron chi connectivity index (χ3n) is 11.2. The minimum Gasteiger partial charge on any atom is -0.309 e. The van der Waals surface area contributed by atoms with Crippen molar-refractivity contribution in [1.29, 1.82) is 0 Å². The summed E-state index contributed by atoms with van der Waals surface area (Å²) < 4.78 is 7.42. The van der Waals surface area contributed by atoms with E-state index in [4.69, 9.17) is 15.0 Å². The normalized spacial score (nSPS) is 11.9. The first-order valence-electron chi connectivity index (χ1n) is 19.1. The number of fused-ring (bicyclic) bond motifs is 9. The highest BCUT2D eigenvalue weighted by Gasteiger charge is 2.19. The third kappa shape index (κ3) is 5.04. The zero-order valence-corrected chi connectivity index (χ0v) is 31.4. The fourth-order valence-electron chi connectivity index (χ4n) is 8.54. The van der Waals surface area contributed by atoms with E-state index in [1.54, 1.807) is 0 Å². The predicted molar refractivity (Wildman–Crippen MR) is 238 cm³/mol. The monoisotopic (exact) mass is 745 g/mol. The average molecular weight is 746 g/mol. The van der Waals surface area contributed by atoms with Crippen molar-refractivity contribution in [2.45, 2.75) is 0 Å². The van der Waals surface area contributed by atoms with Crippen LogP contribution >= 0.6 is 11.3 Å². The van der Waals surface area contributed by atoms with Gasteiger partial charge in [-0.1, -0.05) is 121 Å². The van der Waals surface area contributed by atoms with Crippen LogP contribution in [-0.4, -0.2) is 24.1 Å². The molecule has 8 aromatic carbocycles. The quantitative estimate of drug-likeness (QED) is 0.176. The van der Waals surface area contributed by atoms with Gasteiger partial charge in [0.1, 0.15) is 0 Å². The molecule has 0 unspecified atom stereocenters. The number of hydrogen-bond acceptors (Lipinski definition) is 4. The number of hydrogen-bond donors (Lipinski definition) is 0. The average Bonchev–Trinajstić information content (AvgIpc) is 3.93. The van der Waals surface area contributed by atoms with Crippen LogP contribution in [0.1, 0.15) is 0 Å². The molecular formula is C51H31N5S. The first-order chi connectivity index (χ1) is 28.2. The fourth-order valence-corrected chi connectivity index (χ4v) is 9.67. The molecule has 0 aliphatic rings. The molecule has 5 nitrogen and oxygen atoms in total. The van der Waals surface area contributed by atoms with Gasteiger partial charge in [0.2, 0.25) is 0 Å². The van der Waals surface area contributed by atoms with Crippen LogP contribution in [0, 0.1) is 0 Å². The van der Waals surface area contributed by atoms with Crippen molar-refractivity contribution >= 4 is 75.1 Å². The standard InChI is InChI=1S/C51H31N5S/c1-3-13-32(14-4-1)49-52-50(33-15-5-2-6-16-33)54-51(53-49)34-23-25-35(26-24-34)55-45-29-36(56-43-20-10-7-17-37(43)38-18-8-11-21-44(38)56)27-28-39(45)41-31-48-42(30-46(41)55)40-19-9-12-22-47(40)57-48/h1-31H. The minimum atomic E-state index is 0.636. The highest BCUT2D eigenvalue weighted by molar-refractivity contribution is 7.25. The molecule has 4 heterocycles. The topological polar surface area (TPSA) is 48.5 Å². The van der Waals surface area contributed by atoms with Crippen LogP contribution in [0.4, 0.5) is 0 Å². The van der Waals surface area contributed by atoms with Gasteiger partial charge in [0.25, 0.3) is 0 Å². The predicted octanol–water partition coefficient (Wildman–Crippen LogP) is 13.4. The Kier molecular flexibility index (Phi) is 7.03. The van der Waals surface area contributed by atoms with Gasteiger partial charge in [-0.2, -0.15) is 0 Å². The van der Waals surface area contributed by atoms with Gasteiger partial charge in [0.15, 0.2) is 17.5 Å². The van der Waals surface area contributed by atoms with Gasteiger partial charge in [-0.3, -0.25) is 0 Å². The number of rotatable bonds is 5. The highest BCUT2D eigenvalue weighted by Crippen LogP contribution is 2.42.